The molecule has 1 aromatic carbocycles. The number of rotatable bonds is 7. The summed E-state index contributed by atoms with van der Waals surface area (Å²) in [5, 5.41) is 15.1. The van der Waals surface area contributed by atoms with E-state index in [0.29, 0.717) is 28.8 Å². The minimum absolute atomic E-state index is 0.186. The van der Waals surface area contributed by atoms with Gasteiger partial charge in [0.05, 0.1) is 17.9 Å². The van der Waals surface area contributed by atoms with Gasteiger partial charge in [0.25, 0.3) is 5.91 Å². The molecule has 2 aliphatic rings. The van der Waals surface area contributed by atoms with Crippen molar-refractivity contribution in [1.29, 1.82) is 0 Å². The van der Waals surface area contributed by atoms with Crippen molar-refractivity contribution < 1.29 is 14.3 Å². The first kappa shape index (κ1) is 21.5. The van der Waals surface area contributed by atoms with E-state index < -0.39 is 0 Å². The van der Waals surface area contributed by atoms with Crippen molar-refractivity contribution >= 4 is 11.7 Å². The van der Waals surface area contributed by atoms with Gasteiger partial charge in [-0.05, 0) is 49.4 Å². The number of aromatic amines is 1. The highest BCUT2D eigenvalue weighted by Gasteiger charge is 2.24. The first-order valence-corrected chi connectivity index (χ1v) is 11.5. The molecule has 5 rings (SSSR count). The number of H-pyrrole nitrogens is 1. The van der Waals surface area contributed by atoms with Gasteiger partial charge in [-0.1, -0.05) is 13.8 Å². The summed E-state index contributed by atoms with van der Waals surface area (Å²) in [4.78, 5) is 15.2. The minimum atomic E-state index is -0.191. The van der Waals surface area contributed by atoms with Gasteiger partial charge in [-0.15, -0.1) is 0 Å². The summed E-state index contributed by atoms with van der Waals surface area (Å²) in [6.07, 6.45) is 4.68. The number of ether oxygens (including phenoxy) is 2. The van der Waals surface area contributed by atoms with Gasteiger partial charge in [-0.25, -0.2) is 4.68 Å². The van der Waals surface area contributed by atoms with Crippen molar-refractivity contribution in [3.8, 4) is 11.5 Å². The van der Waals surface area contributed by atoms with Gasteiger partial charge in [0.2, 0.25) is 6.79 Å². The molecule has 4 heterocycles. The van der Waals surface area contributed by atoms with E-state index in [9.17, 15) is 4.79 Å². The van der Waals surface area contributed by atoms with E-state index in [1.54, 1.807) is 24.4 Å². The Kier molecular flexibility index (Phi) is 6.04. The highest BCUT2D eigenvalue weighted by atomic mass is 16.7. The van der Waals surface area contributed by atoms with Crippen LogP contribution in [-0.2, 0) is 13.0 Å². The van der Waals surface area contributed by atoms with Crippen LogP contribution in [0.4, 0.5) is 5.82 Å². The monoisotopic (exact) mass is 450 g/mol. The van der Waals surface area contributed by atoms with E-state index in [1.807, 2.05) is 10.7 Å². The second-order valence-electron chi connectivity index (χ2n) is 9.17. The van der Waals surface area contributed by atoms with Crippen LogP contribution in [0, 0.1) is 5.92 Å². The van der Waals surface area contributed by atoms with E-state index in [0.717, 1.165) is 44.6 Å². The zero-order valence-corrected chi connectivity index (χ0v) is 19.1. The summed E-state index contributed by atoms with van der Waals surface area (Å²) in [6.45, 7) is 7.42. The van der Waals surface area contributed by atoms with E-state index in [4.69, 9.17) is 9.47 Å². The van der Waals surface area contributed by atoms with Crippen LogP contribution in [0.2, 0.25) is 0 Å². The Balaban J connectivity index is 1.17. The molecule has 0 radical (unpaired) electrons. The minimum Gasteiger partial charge on any atom is -0.454 e. The number of hydrogen-bond donors (Lipinski definition) is 2. The maximum absolute atomic E-state index is 12.8. The summed E-state index contributed by atoms with van der Waals surface area (Å²) in [5.41, 5.74) is 2.83. The predicted molar refractivity (Wildman–Crippen MR) is 123 cm³/mol. The highest BCUT2D eigenvalue weighted by molar-refractivity contribution is 6.04. The number of carbonyl (C=O) groups is 1. The topological polar surface area (TPSA) is 97.3 Å². The summed E-state index contributed by atoms with van der Waals surface area (Å²) < 4.78 is 12.6. The Labute approximate surface area is 193 Å². The van der Waals surface area contributed by atoms with Crippen molar-refractivity contribution in [2.75, 3.05) is 25.2 Å². The Bertz CT molecular complexity index is 1110. The standard InChI is InChI=1S/C24H30N6O3/c1-16(2)11-18-13-19(28-27-18)14-29-9-6-20(7-10-29)30-23(5-8-25-30)26-24(31)17-3-4-21-22(12-17)33-15-32-21/h3-5,8,12-13,16,20H,6-7,9-11,14-15H2,1-2H3,(H,26,31)(H,27,28). The molecule has 1 fully saturated rings. The average molecular weight is 451 g/mol. The summed E-state index contributed by atoms with van der Waals surface area (Å²) in [6, 6.07) is 9.49. The number of hydrogen-bond acceptors (Lipinski definition) is 6. The van der Waals surface area contributed by atoms with Crippen molar-refractivity contribution in [3.63, 3.8) is 0 Å². The van der Waals surface area contributed by atoms with Crippen LogP contribution in [0.25, 0.3) is 0 Å². The van der Waals surface area contributed by atoms with Crippen LogP contribution in [0.1, 0.15) is 54.5 Å². The smallest absolute Gasteiger partial charge is 0.256 e. The van der Waals surface area contributed by atoms with Crippen molar-refractivity contribution in [2.24, 2.45) is 5.92 Å². The fraction of sp³-hybridized carbons (Fsp3) is 0.458. The number of likely N-dealkylation sites (tertiary alicyclic amines) is 1. The first-order chi connectivity index (χ1) is 16.0. The number of benzene rings is 1. The van der Waals surface area contributed by atoms with Crippen molar-refractivity contribution in [2.45, 2.75) is 45.7 Å². The Morgan fingerprint density at radius 2 is 2.00 bits per heavy atom. The molecule has 9 heteroatoms. The summed E-state index contributed by atoms with van der Waals surface area (Å²) >= 11 is 0. The third-order valence-electron chi connectivity index (χ3n) is 6.14. The predicted octanol–water partition coefficient (Wildman–Crippen LogP) is 3.62. The van der Waals surface area contributed by atoms with Gasteiger partial charge >= 0.3 is 0 Å². The summed E-state index contributed by atoms with van der Waals surface area (Å²) in [7, 11) is 0. The molecule has 0 atom stereocenters. The normalized spacial score (nSPS) is 16.5. The van der Waals surface area contributed by atoms with Crippen molar-refractivity contribution in [1.82, 2.24) is 24.9 Å². The molecular formula is C24H30N6O3. The van der Waals surface area contributed by atoms with E-state index in [1.165, 1.54) is 5.69 Å². The van der Waals surface area contributed by atoms with Gasteiger partial charge in [0.15, 0.2) is 11.5 Å². The molecule has 3 aromatic rings. The molecule has 0 bridgehead atoms. The van der Waals surface area contributed by atoms with Gasteiger partial charge in [0.1, 0.15) is 5.82 Å². The van der Waals surface area contributed by atoms with E-state index in [2.05, 4.69) is 45.4 Å². The van der Waals surface area contributed by atoms with Crippen LogP contribution in [0.5, 0.6) is 11.5 Å². The van der Waals surface area contributed by atoms with E-state index >= 15 is 0 Å². The molecule has 0 spiro atoms. The van der Waals surface area contributed by atoms with Gasteiger partial charge in [-0.3, -0.25) is 14.8 Å². The number of piperidine rings is 1. The second-order valence-corrected chi connectivity index (χ2v) is 9.17. The molecule has 0 aliphatic carbocycles. The number of amides is 1. The molecule has 9 nitrogen and oxygen atoms in total. The van der Waals surface area contributed by atoms with Crippen LogP contribution < -0.4 is 14.8 Å². The first-order valence-electron chi connectivity index (χ1n) is 11.5. The lowest BCUT2D eigenvalue weighted by molar-refractivity contribution is 0.102. The Morgan fingerprint density at radius 3 is 2.82 bits per heavy atom. The number of nitrogens with zero attached hydrogens (tertiary/aromatic N) is 4. The molecule has 174 valence electrons. The molecule has 0 saturated carbocycles. The molecule has 2 aromatic heterocycles. The van der Waals surface area contributed by atoms with Crippen LogP contribution in [-0.4, -0.2) is 50.7 Å². The Morgan fingerprint density at radius 1 is 1.18 bits per heavy atom. The number of nitrogens with one attached hydrogen (secondary N) is 2. The zero-order valence-electron chi connectivity index (χ0n) is 19.1. The van der Waals surface area contributed by atoms with Gasteiger partial charge in [0, 0.05) is 37.0 Å². The molecular weight excluding hydrogens is 420 g/mol. The Hall–Kier alpha value is -3.33. The molecule has 0 unspecified atom stereocenters. The van der Waals surface area contributed by atoms with Crippen LogP contribution in [0.3, 0.4) is 0 Å². The fourth-order valence-electron chi connectivity index (χ4n) is 4.51. The molecule has 2 N–H and O–H groups in total. The average Bonchev–Trinajstić information content (AvgIpc) is 3.55. The highest BCUT2D eigenvalue weighted by Crippen LogP contribution is 2.33. The quantitative estimate of drug-likeness (QED) is 0.571. The van der Waals surface area contributed by atoms with Crippen LogP contribution in [0.15, 0.2) is 36.5 Å². The lowest BCUT2D eigenvalue weighted by Gasteiger charge is -2.32. The maximum Gasteiger partial charge on any atom is 0.256 e. The molecule has 33 heavy (non-hydrogen) atoms. The SMILES string of the molecule is CC(C)Cc1cc(CN2CCC(n3nccc3NC(=O)c3ccc4c(c3)OCO4)CC2)[nH]n1. The van der Waals surface area contributed by atoms with Crippen LogP contribution >= 0.6 is 0 Å². The van der Waals surface area contributed by atoms with Gasteiger partial charge in [-0.2, -0.15) is 10.2 Å². The molecule has 1 amide bonds. The zero-order chi connectivity index (χ0) is 22.8. The lowest BCUT2D eigenvalue weighted by Crippen LogP contribution is -2.35. The molecule has 1 saturated heterocycles. The maximum atomic E-state index is 12.8. The number of anilines is 1. The third kappa shape index (κ3) is 4.88. The lowest BCUT2D eigenvalue weighted by atomic mass is 10.0. The molecule has 2 aliphatic heterocycles. The number of aromatic nitrogens is 4. The fourth-order valence-corrected chi connectivity index (χ4v) is 4.51. The van der Waals surface area contributed by atoms with Gasteiger partial charge < -0.3 is 14.8 Å². The largest absolute Gasteiger partial charge is 0.454 e. The number of carbonyl (C=O) groups excluding carboxylic acids is 1. The van der Waals surface area contributed by atoms with E-state index in [-0.39, 0.29) is 18.7 Å². The van der Waals surface area contributed by atoms with Crippen molar-refractivity contribution in [3.05, 3.63) is 53.5 Å². The third-order valence-corrected chi connectivity index (χ3v) is 6.14. The number of fused-ring (bicyclic) bond motifs is 1. The summed E-state index contributed by atoms with van der Waals surface area (Å²) in [5.74, 6) is 2.38. The second kappa shape index (κ2) is 9.27.